The molecule has 0 spiro atoms. The first-order valence-electron chi connectivity index (χ1n) is 9.36. The number of rotatable bonds is 4. The average molecular weight is 458 g/mol. The third kappa shape index (κ3) is 4.48. The monoisotopic (exact) mass is 457 g/mol. The summed E-state index contributed by atoms with van der Waals surface area (Å²) in [7, 11) is -3.49. The molecule has 11 heteroatoms. The molecule has 1 aliphatic rings. The molecule has 0 bridgehead atoms. The largest absolute Gasteiger partial charge is 0.481 e. The number of hydrogen-bond donors (Lipinski definition) is 2. The van der Waals surface area contributed by atoms with Crippen molar-refractivity contribution in [1.29, 1.82) is 0 Å². The number of fused-ring (bicyclic) bond motifs is 1. The minimum absolute atomic E-state index is 0.0935. The number of benzene rings is 1. The van der Waals surface area contributed by atoms with Gasteiger partial charge in [-0.2, -0.15) is 14.5 Å². The number of sulfonamides is 1. The Morgan fingerprint density at radius 1 is 1.16 bits per heavy atom. The van der Waals surface area contributed by atoms with E-state index in [1.165, 1.54) is 15.6 Å². The van der Waals surface area contributed by atoms with Crippen molar-refractivity contribution in [2.75, 3.05) is 13.1 Å². The maximum Gasteiger partial charge on any atom is 0.300 e. The number of aromatic nitrogens is 4. The van der Waals surface area contributed by atoms with E-state index in [-0.39, 0.29) is 5.92 Å². The molecule has 0 aliphatic carbocycles. The molecule has 1 aromatic carbocycles. The van der Waals surface area contributed by atoms with Crippen LogP contribution in [0.15, 0.2) is 59.1 Å². The summed E-state index contributed by atoms with van der Waals surface area (Å²) in [6, 6.07) is 13.1. The standard InChI is InChI=1S/C18H15N5O2S2.C2H4O2/c24-27(25,17-6-5-16(26-17)12-7-8-19-20-9-12)23-10-13(11-23)18-21-14-3-1-2-4-15(14)22-18;1-2(3)4/h1-9,13H,10-11H2,(H,21,22);1H3,(H,3,4). The summed E-state index contributed by atoms with van der Waals surface area (Å²) in [4.78, 5) is 17.7. The van der Waals surface area contributed by atoms with Crippen molar-refractivity contribution in [3.05, 3.63) is 60.7 Å². The van der Waals surface area contributed by atoms with Crippen molar-refractivity contribution < 1.29 is 18.3 Å². The van der Waals surface area contributed by atoms with Gasteiger partial charge in [0.05, 0.1) is 23.4 Å². The van der Waals surface area contributed by atoms with Gasteiger partial charge in [0.25, 0.3) is 16.0 Å². The summed E-state index contributed by atoms with van der Waals surface area (Å²) in [5.74, 6) is 0.105. The van der Waals surface area contributed by atoms with E-state index in [1.54, 1.807) is 18.5 Å². The normalized spacial score (nSPS) is 14.6. The minimum atomic E-state index is -3.49. The molecule has 1 saturated heterocycles. The molecule has 4 aromatic rings. The number of carbonyl (C=O) groups is 1. The second kappa shape index (κ2) is 8.53. The van der Waals surface area contributed by atoms with Crippen LogP contribution in [0.25, 0.3) is 21.5 Å². The number of nitrogens with zero attached hydrogens (tertiary/aromatic N) is 4. The number of aliphatic carboxylic acids is 1. The molecule has 2 N–H and O–H groups in total. The Labute approximate surface area is 182 Å². The maximum absolute atomic E-state index is 12.9. The molecule has 9 nitrogen and oxygen atoms in total. The minimum Gasteiger partial charge on any atom is -0.481 e. The first-order chi connectivity index (χ1) is 14.8. The quantitative estimate of drug-likeness (QED) is 0.482. The van der Waals surface area contributed by atoms with E-state index in [9.17, 15) is 8.42 Å². The van der Waals surface area contributed by atoms with Crippen molar-refractivity contribution >= 4 is 38.4 Å². The van der Waals surface area contributed by atoms with Crippen LogP contribution in [0.3, 0.4) is 0 Å². The van der Waals surface area contributed by atoms with E-state index in [0.717, 1.165) is 34.2 Å². The number of hydrogen-bond acceptors (Lipinski definition) is 7. The van der Waals surface area contributed by atoms with Crippen molar-refractivity contribution in [2.45, 2.75) is 17.1 Å². The molecule has 4 heterocycles. The average Bonchev–Trinajstić information content (AvgIpc) is 3.34. The molecule has 160 valence electrons. The molecule has 0 atom stereocenters. The Morgan fingerprint density at radius 2 is 1.90 bits per heavy atom. The summed E-state index contributed by atoms with van der Waals surface area (Å²) in [5, 5.41) is 15.0. The number of thiophene rings is 1. The maximum atomic E-state index is 12.9. The predicted molar refractivity (Wildman–Crippen MR) is 116 cm³/mol. The topological polar surface area (TPSA) is 129 Å². The fraction of sp³-hybridized carbons (Fsp3) is 0.200. The van der Waals surface area contributed by atoms with E-state index < -0.39 is 16.0 Å². The van der Waals surface area contributed by atoms with Gasteiger partial charge in [0.1, 0.15) is 10.0 Å². The Kier molecular flexibility index (Phi) is 5.81. The van der Waals surface area contributed by atoms with E-state index >= 15 is 0 Å². The van der Waals surface area contributed by atoms with Gasteiger partial charge in [-0.05, 0) is 30.3 Å². The van der Waals surface area contributed by atoms with Gasteiger partial charge in [-0.3, -0.25) is 4.79 Å². The smallest absolute Gasteiger partial charge is 0.300 e. The Morgan fingerprint density at radius 3 is 2.58 bits per heavy atom. The fourth-order valence-corrected chi connectivity index (χ4v) is 6.13. The molecule has 3 aromatic heterocycles. The molecular formula is C20H19N5O4S2. The molecule has 1 aliphatic heterocycles. The Bertz CT molecular complexity index is 1270. The lowest BCUT2D eigenvalue weighted by Gasteiger charge is -2.36. The summed E-state index contributed by atoms with van der Waals surface area (Å²) in [6.07, 6.45) is 3.22. The predicted octanol–water partition coefficient (Wildman–Crippen LogP) is 2.96. The van der Waals surface area contributed by atoms with Gasteiger partial charge >= 0.3 is 0 Å². The first kappa shape index (κ1) is 21.1. The van der Waals surface area contributed by atoms with Crippen LogP contribution in [0.1, 0.15) is 18.7 Å². The summed E-state index contributed by atoms with van der Waals surface area (Å²) in [5.41, 5.74) is 2.74. The number of H-pyrrole nitrogens is 1. The van der Waals surface area contributed by atoms with Gasteiger partial charge in [-0.1, -0.05) is 12.1 Å². The Balaban J connectivity index is 0.000000535. The molecule has 1 fully saturated rings. The number of para-hydroxylation sites is 2. The van der Waals surface area contributed by atoms with Crippen LogP contribution in [0.5, 0.6) is 0 Å². The van der Waals surface area contributed by atoms with Crippen molar-refractivity contribution in [2.24, 2.45) is 0 Å². The highest BCUT2D eigenvalue weighted by atomic mass is 32.2. The number of aromatic amines is 1. The zero-order valence-corrected chi connectivity index (χ0v) is 18.1. The number of carboxylic acids is 1. The van der Waals surface area contributed by atoms with Crippen LogP contribution in [0.2, 0.25) is 0 Å². The SMILES string of the molecule is CC(=O)O.O=S(=O)(c1ccc(-c2ccnnc2)s1)N1CC(c2nc3ccccc3[nH]2)C1. The second-order valence-electron chi connectivity index (χ2n) is 6.93. The molecular weight excluding hydrogens is 438 g/mol. The third-order valence-corrected chi connectivity index (χ3v) is 8.12. The molecule has 31 heavy (non-hydrogen) atoms. The molecule has 0 radical (unpaired) electrons. The summed E-state index contributed by atoms with van der Waals surface area (Å²) in [6.45, 7) is 1.96. The van der Waals surface area contributed by atoms with Crippen LogP contribution in [-0.4, -0.2) is 57.1 Å². The van der Waals surface area contributed by atoms with Crippen LogP contribution in [0, 0.1) is 0 Å². The zero-order chi connectivity index (χ0) is 22.0. The van der Waals surface area contributed by atoms with Gasteiger partial charge in [0.2, 0.25) is 0 Å². The van der Waals surface area contributed by atoms with Crippen LogP contribution < -0.4 is 0 Å². The summed E-state index contributed by atoms with van der Waals surface area (Å²) < 4.78 is 27.6. The number of imidazole rings is 1. The zero-order valence-electron chi connectivity index (χ0n) is 16.5. The van der Waals surface area contributed by atoms with Gasteiger partial charge in [-0.25, -0.2) is 13.4 Å². The molecule has 0 saturated carbocycles. The van der Waals surface area contributed by atoms with Crippen molar-refractivity contribution in [1.82, 2.24) is 24.5 Å². The van der Waals surface area contributed by atoms with Crippen molar-refractivity contribution in [3.63, 3.8) is 0 Å². The van der Waals surface area contributed by atoms with Crippen LogP contribution in [-0.2, 0) is 14.8 Å². The first-order valence-corrected chi connectivity index (χ1v) is 11.6. The lowest BCUT2D eigenvalue weighted by atomic mass is 10.0. The number of carboxylic acid groups (broad SMARTS) is 1. The molecule has 0 unspecified atom stereocenters. The van der Waals surface area contributed by atoms with Gasteiger partial charge in [-0.15, -0.1) is 11.3 Å². The highest BCUT2D eigenvalue weighted by molar-refractivity contribution is 7.91. The highest BCUT2D eigenvalue weighted by Crippen LogP contribution is 2.36. The molecule has 5 rings (SSSR count). The summed E-state index contributed by atoms with van der Waals surface area (Å²) >= 11 is 1.25. The van der Waals surface area contributed by atoms with Crippen LogP contribution >= 0.6 is 11.3 Å². The molecule has 0 amide bonds. The van der Waals surface area contributed by atoms with E-state index in [2.05, 4.69) is 20.2 Å². The van der Waals surface area contributed by atoms with E-state index in [4.69, 9.17) is 9.90 Å². The van der Waals surface area contributed by atoms with Gasteiger partial charge in [0, 0.05) is 36.4 Å². The van der Waals surface area contributed by atoms with Gasteiger partial charge < -0.3 is 10.1 Å². The van der Waals surface area contributed by atoms with Crippen molar-refractivity contribution in [3.8, 4) is 10.4 Å². The van der Waals surface area contributed by atoms with Gasteiger partial charge in [0.15, 0.2) is 0 Å². The number of nitrogens with one attached hydrogen (secondary N) is 1. The lowest BCUT2D eigenvalue weighted by molar-refractivity contribution is -0.134. The van der Waals surface area contributed by atoms with E-state index in [0.29, 0.717) is 17.3 Å². The lowest BCUT2D eigenvalue weighted by Crippen LogP contribution is -2.48. The van der Waals surface area contributed by atoms with E-state index in [1.807, 2.05) is 36.4 Å². The highest BCUT2D eigenvalue weighted by Gasteiger charge is 2.39. The van der Waals surface area contributed by atoms with Crippen LogP contribution in [0.4, 0.5) is 0 Å². The third-order valence-electron chi connectivity index (χ3n) is 4.69. The fourth-order valence-electron chi connectivity index (χ4n) is 3.15. The Hall–Kier alpha value is -3.15. The second-order valence-corrected chi connectivity index (χ2v) is 10.2.